The van der Waals surface area contributed by atoms with Gasteiger partial charge in [-0.1, -0.05) is 29.3 Å². The second-order valence-electron chi connectivity index (χ2n) is 4.48. The highest BCUT2D eigenvalue weighted by molar-refractivity contribution is 6.35. The van der Waals surface area contributed by atoms with Crippen LogP contribution in [0.1, 0.15) is 18.1 Å². The zero-order valence-electron chi connectivity index (χ0n) is 11.6. The van der Waals surface area contributed by atoms with Crippen molar-refractivity contribution in [3.8, 4) is 5.75 Å². The summed E-state index contributed by atoms with van der Waals surface area (Å²) in [5.41, 5.74) is 2.92. The van der Waals surface area contributed by atoms with E-state index in [-0.39, 0.29) is 0 Å². The molecule has 0 aliphatic rings. The molecule has 0 aliphatic carbocycles. The molecule has 0 aromatic heterocycles. The van der Waals surface area contributed by atoms with Crippen LogP contribution in [0, 0.1) is 0 Å². The first-order valence-electron chi connectivity index (χ1n) is 6.63. The van der Waals surface area contributed by atoms with Gasteiger partial charge < -0.3 is 10.1 Å². The third-order valence-corrected chi connectivity index (χ3v) is 3.88. The normalized spacial score (nSPS) is 10.5. The number of ether oxygens (including phenoxy) is 1. The van der Waals surface area contributed by atoms with Gasteiger partial charge >= 0.3 is 0 Å². The Kier molecular flexibility index (Phi) is 6.04. The maximum absolute atomic E-state index is 6.16. The van der Waals surface area contributed by atoms with E-state index in [1.165, 1.54) is 0 Å². The molecule has 0 unspecified atom stereocenters. The van der Waals surface area contributed by atoms with Crippen LogP contribution in [0.2, 0.25) is 10.0 Å². The number of hydrogen-bond acceptors (Lipinski definition) is 2. The van der Waals surface area contributed by atoms with E-state index in [1.807, 2.05) is 37.3 Å². The average Bonchev–Trinajstić information content (AvgIpc) is 2.47. The van der Waals surface area contributed by atoms with Crippen LogP contribution in [0.5, 0.6) is 5.75 Å². The molecule has 1 N–H and O–H groups in total. The fourth-order valence-corrected chi connectivity index (χ4v) is 2.64. The lowest BCUT2D eigenvalue weighted by Crippen LogP contribution is -2.02. The summed E-state index contributed by atoms with van der Waals surface area (Å²) in [6, 6.07) is 11.4. The molecule has 0 spiro atoms. The van der Waals surface area contributed by atoms with Gasteiger partial charge in [-0.2, -0.15) is 0 Å². The third-order valence-electron chi connectivity index (χ3n) is 3.00. The van der Waals surface area contributed by atoms with Crippen molar-refractivity contribution in [1.29, 1.82) is 0 Å². The summed E-state index contributed by atoms with van der Waals surface area (Å²) in [6.07, 6.45) is 0. The number of benzene rings is 2. The van der Waals surface area contributed by atoms with E-state index in [1.54, 1.807) is 6.07 Å². The number of anilines is 1. The van der Waals surface area contributed by atoms with Crippen molar-refractivity contribution >= 4 is 40.5 Å². The Morgan fingerprint density at radius 3 is 2.52 bits per heavy atom. The Morgan fingerprint density at radius 2 is 1.86 bits per heavy atom. The van der Waals surface area contributed by atoms with Crippen LogP contribution in [0.15, 0.2) is 36.4 Å². The lowest BCUT2D eigenvalue weighted by Gasteiger charge is -2.12. The van der Waals surface area contributed by atoms with Crippen LogP contribution in [-0.4, -0.2) is 6.61 Å². The number of halogens is 3. The van der Waals surface area contributed by atoms with Gasteiger partial charge in [-0.25, -0.2) is 0 Å². The molecular formula is C16H16Cl3NO. The van der Waals surface area contributed by atoms with Gasteiger partial charge in [0.05, 0.1) is 12.5 Å². The third kappa shape index (κ3) is 4.44. The molecule has 0 radical (unpaired) electrons. The predicted molar refractivity (Wildman–Crippen MR) is 91.0 cm³/mol. The fourth-order valence-electron chi connectivity index (χ4n) is 1.95. The Morgan fingerprint density at radius 1 is 1.05 bits per heavy atom. The maximum atomic E-state index is 6.16. The lowest BCUT2D eigenvalue weighted by atomic mass is 10.1. The van der Waals surface area contributed by atoms with E-state index in [4.69, 9.17) is 39.5 Å². The summed E-state index contributed by atoms with van der Waals surface area (Å²) in [5.74, 6) is 1.23. The van der Waals surface area contributed by atoms with Crippen molar-refractivity contribution in [1.82, 2.24) is 0 Å². The minimum Gasteiger partial charge on any atom is -0.494 e. The van der Waals surface area contributed by atoms with Gasteiger partial charge in [0.1, 0.15) is 5.75 Å². The highest BCUT2D eigenvalue weighted by Crippen LogP contribution is 2.26. The summed E-state index contributed by atoms with van der Waals surface area (Å²) >= 11 is 18.0. The highest BCUT2D eigenvalue weighted by atomic mass is 35.5. The number of hydrogen-bond donors (Lipinski definition) is 1. The van der Waals surface area contributed by atoms with Gasteiger partial charge in [0.15, 0.2) is 0 Å². The van der Waals surface area contributed by atoms with Crippen molar-refractivity contribution < 1.29 is 4.74 Å². The molecule has 112 valence electrons. The van der Waals surface area contributed by atoms with Gasteiger partial charge in [0.25, 0.3) is 0 Å². The summed E-state index contributed by atoms with van der Waals surface area (Å²) in [6.45, 7) is 3.19. The summed E-state index contributed by atoms with van der Waals surface area (Å²) < 4.78 is 5.53. The molecule has 0 bridgehead atoms. The van der Waals surface area contributed by atoms with Crippen molar-refractivity contribution in [2.45, 2.75) is 19.3 Å². The van der Waals surface area contributed by atoms with Gasteiger partial charge in [-0.05, 0) is 42.8 Å². The van der Waals surface area contributed by atoms with Gasteiger partial charge in [0, 0.05) is 27.8 Å². The smallest absolute Gasteiger partial charge is 0.123 e. The molecule has 0 heterocycles. The van der Waals surface area contributed by atoms with E-state index in [2.05, 4.69) is 5.32 Å². The van der Waals surface area contributed by atoms with E-state index >= 15 is 0 Å². The molecule has 0 amide bonds. The molecule has 2 nitrogen and oxygen atoms in total. The number of rotatable bonds is 6. The molecule has 2 aromatic rings. The van der Waals surface area contributed by atoms with E-state index in [9.17, 15) is 0 Å². The Balaban J connectivity index is 2.09. The molecule has 2 rings (SSSR count). The molecule has 21 heavy (non-hydrogen) atoms. The van der Waals surface area contributed by atoms with Crippen LogP contribution in [0.25, 0.3) is 0 Å². The van der Waals surface area contributed by atoms with Crippen LogP contribution in [-0.2, 0) is 12.4 Å². The Hall–Kier alpha value is -1.09. The Bertz CT molecular complexity index is 616. The summed E-state index contributed by atoms with van der Waals surface area (Å²) in [5, 5.41) is 4.61. The zero-order valence-corrected chi connectivity index (χ0v) is 13.9. The van der Waals surface area contributed by atoms with Crippen molar-refractivity contribution in [2.24, 2.45) is 0 Å². The SMILES string of the molecule is CCOc1ccc(NCc2ccc(Cl)cc2Cl)cc1CCl. The minimum atomic E-state index is 0.409. The van der Waals surface area contributed by atoms with Crippen LogP contribution >= 0.6 is 34.8 Å². The van der Waals surface area contributed by atoms with Crippen molar-refractivity contribution in [3.63, 3.8) is 0 Å². The van der Waals surface area contributed by atoms with Gasteiger partial charge in [-0.3, -0.25) is 0 Å². The van der Waals surface area contributed by atoms with Crippen LogP contribution in [0.3, 0.4) is 0 Å². The first-order chi connectivity index (χ1) is 10.1. The maximum Gasteiger partial charge on any atom is 0.123 e. The van der Waals surface area contributed by atoms with Crippen LogP contribution < -0.4 is 10.1 Å². The molecular weight excluding hydrogens is 329 g/mol. The molecule has 0 atom stereocenters. The van der Waals surface area contributed by atoms with E-state index in [0.29, 0.717) is 29.1 Å². The molecule has 0 saturated carbocycles. The second-order valence-corrected chi connectivity index (χ2v) is 5.59. The van der Waals surface area contributed by atoms with Gasteiger partial charge in [-0.15, -0.1) is 11.6 Å². The fraction of sp³-hybridized carbons (Fsp3) is 0.250. The highest BCUT2D eigenvalue weighted by Gasteiger charge is 2.05. The summed E-state index contributed by atoms with van der Waals surface area (Å²) in [4.78, 5) is 0. The monoisotopic (exact) mass is 343 g/mol. The number of nitrogens with one attached hydrogen (secondary N) is 1. The number of alkyl halides is 1. The first-order valence-corrected chi connectivity index (χ1v) is 7.92. The molecule has 0 aliphatic heterocycles. The largest absolute Gasteiger partial charge is 0.494 e. The van der Waals surface area contributed by atoms with E-state index < -0.39 is 0 Å². The standard InChI is InChI=1S/C16H16Cl3NO/c1-2-21-16-6-5-14(7-12(16)9-17)20-10-11-3-4-13(18)8-15(11)19/h3-8,20H,2,9-10H2,1H3. The van der Waals surface area contributed by atoms with Crippen molar-refractivity contribution in [3.05, 3.63) is 57.6 Å². The topological polar surface area (TPSA) is 21.3 Å². The second kappa shape index (κ2) is 7.79. The van der Waals surface area contributed by atoms with Crippen LogP contribution in [0.4, 0.5) is 5.69 Å². The van der Waals surface area contributed by atoms with Crippen molar-refractivity contribution in [2.75, 3.05) is 11.9 Å². The van der Waals surface area contributed by atoms with E-state index in [0.717, 1.165) is 22.6 Å². The Labute approximate surface area is 140 Å². The minimum absolute atomic E-state index is 0.409. The lowest BCUT2D eigenvalue weighted by molar-refractivity contribution is 0.337. The first kappa shape index (κ1) is 16.3. The average molecular weight is 345 g/mol. The van der Waals surface area contributed by atoms with Gasteiger partial charge in [0.2, 0.25) is 0 Å². The quantitative estimate of drug-likeness (QED) is 0.674. The predicted octanol–water partition coefficient (Wildman–Crippen LogP) is 5.74. The molecule has 0 fully saturated rings. The molecule has 5 heteroatoms. The molecule has 0 saturated heterocycles. The zero-order chi connectivity index (χ0) is 15.2. The molecule has 2 aromatic carbocycles. The summed E-state index contributed by atoms with van der Waals surface area (Å²) in [7, 11) is 0.